The van der Waals surface area contributed by atoms with Crippen molar-refractivity contribution < 1.29 is 22.7 Å². The van der Waals surface area contributed by atoms with Gasteiger partial charge in [0.15, 0.2) is 6.61 Å². The van der Waals surface area contributed by atoms with Gasteiger partial charge in [-0.05, 0) is 61.5 Å². The molecule has 3 aromatic carbocycles. The van der Waals surface area contributed by atoms with Crippen molar-refractivity contribution in [1.82, 2.24) is 0 Å². The van der Waals surface area contributed by atoms with E-state index in [0.717, 1.165) is 0 Å². The highest BCUT2D eigenvalue weighted by Gasteiger charge is 2.15. The van der Waals surface area contributed by atoms with Crippen molar-refractivity contribution in [3.8, 4) is 11.5 Å². The summed E-state index contributed by atoms with van der Waals surface area (Å²) < 4.78 is 38.5. The molecule has 0 aromatic heterocycles. The van der Waals surface area contributed by atoms with Gasteiger partial charge < -0.3 is 14.8 Å². The van der Waals surface area contributed by atoms with E-state index in [1.54, 1.807) is 18.2 Å². The van der Waals surface area contributed by atoms with Crippen LogP contribution in [0.2, 0.25) is 10.0 Å². The maximum absolute atomic E-state index is 12.6. The van der Waals surface area contributed by atoms with E-state index in [1.807, 2.05) is 13.0 Å². The molecule has 0 heterocycles. The van der Waals surface area contributed by atoms with E-state index in [1.165, 1.54) is 42.5 Å². The maximum atomic E-state index is 12.6. The van der Waals surface area contributed by atoms with E-state index in [2.05, 4.69) is 10.0 Å². The molecule has 2 N–H and O–H groups in total. The Morgan fingerprint density at radius 1 is 0.938 bits per heavy atom. The Morgan fingerprint density at radius 2 is 1.66 bits per heavy atom. The zero-order valence-corrected chi connectivity index (χ0v) is 19.3. The number of carbonyl (C=O) groups is 1. The second kappa shape index (κ2) is 10.6. The maximum Gasteiger partial charge on any atom is 0.262 e. The second-order valence-corrected chi connectivity index (χ2v) is 8.97. The van der Waals surface area contributed by atoms with Gasteiger partial charge >= 0.3 is 0 Å². The minimum absolute atomic E-state index is 0.0195. The minimum Gasteiger partial charge on any atom is -0.492 e. The predicted molar refractivity (Wildman–Crippen MR) is 125 cm³/mol. The van der Waals surface area contributed by atoms with Crippen LogP contribution in [-0.2, 0) is 14.8 Å². The number of hydrogen-bond acceptors (Lipinski definition) is 5. The van der Waals surface area contributed by atoms with Gasteiger partial charge in [0.2, 0.25) is 0 Å². The van der Waals surface area contributed by atoms with Gasteiger partial charge in [0.25, 0.3) is 15.9 Å². The first-order chi connectivity index (χ1) is 15.3. The number of benzene rings is 3. The first-order valence-corrected chi connectivity index (χ1v) is 11.7. The molecule has 3 aromatic rings. The summed E-state index contributed by atoms with van der Waals surface area (Å²) in [5.41, 5.74) is 0.821. The van der Waals surface area contributed by atoms with Gasteiger partial charge in [-0.15, -0.1) is 0 Å². The molecule has 7 nitrogen and oxygen atoms in total. The van der Waals surface area contributed by atoms with Crippen LogP contribution in [0.15, 0.2) is 71.6 Å². The molecule has 32 heavy (non-hydrogen) atoms. The number of amides is 1. The summed E-state index contributed by atoms with van der Waals surface area (Å²) in [4.78, 5) is 12.2. The number of anilines is 2. The van der Waals surface area contributed by atoms with Crippen LogP contribution in [0.4, 0.5) is 11.4 Å². The first-order valence-electron chi connectivity index (χ1n) is 9.51. The fourth-order valence-electron chi connectivity index (χ4n) is 2.68. The molecule has 0 fully saturated rings. The van der Waals surface area contributed by atoms with E-state index in [9.17, 15) is 13.2 Å². The first kappa shape index (κ1) is 23.7. The molecule has 0 saturated heterocycles. The fourth-order valence-corrected chi connectivity index (χ4v) is 4.02. The number of para-hydroxylation sites is 2. The zero-order chi connectivity index (χ0) is 23.1. The Morgan fingerprint density at radius 3 is 2.34 bits per heavy atom. The molecule has 0 spiro atoms. The molecule has 1 amide bonds. The van der Waals surface area contributed by atoms with Gasteiger partial charge in [-0.1, -0.05) is 35.3 Å². The average Bonchev–Trinajstić information content (AvgIpc) is 2.76. The Kier molecular flexibility index (Phi) is 7.84. The van der Waals surface area contributed by atoms with Crippen molar-refractivity contribution in [2.45, 2.75) is 11.8 Å². The summed E-state index contributed by atoms with van der Waals surface area (Å²) in [6.07, 6.45) is 0. The van der Waals surface area contributed by atoms with Gasteiger partial charge in [-0.25, -0.2) is 8.42 Å². The van der Waals surface area contributed by atoms with Crippen molar-refractivity contribution in [3.63, 3.8) is 0 Å². The number of sulfonamides is 1. The highest BCUT2D eigenvalue weighted by atomic mass is 35.5. The number of nitrogens with one attached hydrogen (secondary N) is 2. The molecular formula is C22H20Cl2N2O5S. The van der Waals surface area contributed by atoms with Crippen LogP contribution in [0.3, 0.4) is 0 Å². The molecule has 0 aliphatic heterocycles. The summed E-state index contributed by atoms with van der Waals surface area (Å²) in [5.74, 6) is 0.522. The largest absolute Gasteiger partial charge is 0.492 e. The third kappa shape index (κ3) is 6.29. The molecule has 3 rings (SSSR count). The lowest BCUT2D eigenvalue weighted by molar-refractivity contribution is -0.118. The van der Waals surface area contributed by atoms with Crippen molar-refractivity contribution in [1.29, 1.82) is 0 Å². The average molecular weight is 495 g/mol. The third-order valence-electron chi connectivity index (χ3n) is 4.14. The van der Waals surface area contributed by atoms with Crippen LogP contribution in [0.5, 0.6) is 11.5 Å². The zero-order valence-electron chi connectivity index (χ0n) is 17.0. The van der Waals surface area contributed by atoms with Crippen molar-refractivity contribution in [3.05, 3.63) is 76.8 Å². The monoisotopic (exact) mass is 494 g/mol. The Labute approximate surface area is 196 Å². The van der Waals surface area contributed by atoms with Gasteiger partial charge in [-0.3, -0.25) is 9.52 Å². The van der Waals surface area contributed by atoms with E-state index < -0.39 is 10.0 Å². The van der Waals surface area contributed by atoms with Gasteiger partial charge in [0, 0.05) is 0 Å². The predicted octanol–water partition coefficient (Wildman–Crippen LogP) is 5.21. The minimum atomic E-state index is -3.84. The number of halogens is 2. The van der Waals surface area contributed by atoms with Crippen LogP contribution in [-0.4, -0.2) is 27.5 Å². The van der Waals surface area contributed by atoms with Crippen LogP contribution in [0.25, 0.3) is 0 Å². The van der Waals surface area contributed by atoms with Crippen molar-refractivity contribution in [2.24, 2.45) is 0 Å². The molecular weight excluding hydrogens is 475 g/mol. The summed E-state index contributed by atoms with van der Waals surface area (Å²) in [6, 6.07) is 17.2. The highest BCUT2D eigenvalue weighted by molar-refractivity contribution is 7.92. The quantitative estimate of drug-likeness (QED) is 0.425. The molecule has 0 aliphatic carbocycles. The number of rotatable bonds is 9. The lowest BCUT2D eigenvalue weighted by Gasteiger charge is -2.12. The molecule has 168 valence electrons. The Balaban J connectivity index is 1.59. The van der Waals surface area contributed by atoms with E-state index >= 15 is 0 Å². The Hall–Kier alpha value is -2.94. The van der Waals surface area contributed by atoms with Gasteiger partial charge in [-0.2, -0.15) is 0 Å². The second-order valence-electron chi connectivity index (χ2n) is 6.47. The van der Waals surface area contributed by atoms with E-state index in [4.69, 9.17) is 32.7 Å². The molecule has 10 heteroatoms. The van der Waals surface area contributed by atoms with E-state index in [-0.39, 0.29) is 28.1 Å². The third-order valence-corrected chi connectivity index (χ3v) is 6.27. The van der Waals surface area contributed by atoms with Crippen LogP contribution in [0, 0.1) is 0 Å². The topological polar surface area (TPSA) is 93.7 Å². The fraction of sp³-hybridized carbons (Fsp3) is 0.136. The summed E-state index contributed by atoms with van der Waals surface area (Å²) in [6.45, 7) is 2.07. The SMILES string of the molecule is CCOc1ccccc1NC(=O)COc1ccc(S(=O)(=O)Nc2ccc(Cl)c(Cl)c2)cc1. The van der Waals surface area contributed by atoms with E-state index in [0.29, 0.717) is 28.8 Å². The summed E-state index contributed by atoms with van der Waals surface area (Å²) >= 11 is 11.8. The van der Waals surface area contributed by atoms with Crippen molar-refractivity contribution >= 4 is 50.5 Å². The summed E-state index contributed by atoms with van der Waals surface area (Å²) in [5, 5.41) is 3.28. The number of carbonyl (C=O) groups excluding carboxylic acids is 1. The number of ether oxygens (including phenoxy) is 2. The molecule has 0 aliphatic rings. The highest BCUT2D eigenvalue weighted by Crippen LogP contribution is 2.27. The number of hydrogen-bond donors (Lipinski definition) is 2. The Bertz CT molecular complexity index is 1200. The van der Waals surface area contributed by atoms with Crippen LogP contribution >= 0.6 is 23.2 Å². The van der Waals surface area contributed by atoms with Crippen molar-refractivity contribution in [2.75, 3.05) is 23.3 Å². The molecule has 0 unspecified atom stereocenters. The standard InChI is InChI=1S/C22H20Cl2N2O5S/c1-2-30-21-6-4-3-5-20(21)25-22(27)14-31-16-8-10-17(11-9-16)32(28,29)26-15-7-12-18(23)19(24)13-15/h3-13,26H,2,14H2,1H3,(H,25,27). The summed E-state index contributed by atoms with van der Waals surface area (Å²) in [7, 11) is -3.84. The molecule has 0 saturated carbocycles. The normalized spacial score (nSPS) is 11.0. The molecule has 0 atom stereocenters. The van der Waals surface area contributed by atoms with Crippen LogP contribution in [0.1, 0.15) is 6.92 Å². The lowest BCUT2D eigenvalue weighted by Crippen LogP contribution is -2.20. The van der Waals surface area contributed by atoms with Crippen LogP contribution < -0.4 is 19.5 Å². The smallest absolute Gasteiger partial charge is 0.262 e. The van der Waals surface area contributed by atoms with Gasteiger partial charge in [0.1, 0.15) is 11.5 Å². The molecule has 0 radical (unpaired) electrons. The molecule has 0 bridgehead atoms. The van der Waals surface area contributed by atoms with Gasteiger partial charge in [0.05, 0.1) is 32.9 Å². The lowest BCUT2D eigenvalue weighted by atomic mass is 10.3.